The number of hydrogen-bond donors (Lipinski definition) is 1. The first-order valence-corrected chi connectivity index (χ1v) is 13.8. The first kappa shape index (κ1) is 32.9. The van der Waals surface area contributed by atoms with Gasteiger partial charge in [0.1, 0.15) is 0 Å². The maximum Gasteiger partial charge on any atom is 0.416 e. The van der Waals surface area contributed by atoms with E-state index in [2.05, 4.69) is 5.32 Å². The van der Waals surface area contributed by atoms with Gasteiger partial charge in [-0.2, -0.15) is 26.3 Å². The van der Waals surface area contributed by atoms with E-state index in [0.29, 0.717) is 33.3 Å². The molecule has 0 fully saturated rings. The smallest absolute Gasteiger partial charge is 0.348 e. The minimum Gasteiger partial charge on any atom is -0.348 e. The highest BCUT2D eigenvalue weighted by molar-refractivity contribution is 6.42. The molecule has 0 heterocycles. The number of fused-ring (bicyclic) bond motifs is 1. The number of benzene rings is 4. The number of halogens is 8. The summed E-state index contributed by atoms with van der Waals surface area (Å²) >= 11 is 11.9. The predicted molar refractivity (Wildman–Crippen MR) is 157 cm³/mol. The number of hydrogen-bond acceptors (Lipinski definition) is 2. The lowest BCUT2D eigenvalue weighted by molar-refractivity contribution is -0.143. The molecule has 12 heteroatoms. The SMILES string of the molecule is CN(C(=O)c1cc(C(F)(F)F)cc(C(F)(F)F)c1)C(C=CC(=O)NCc1ccc(Cl)c(Cl)c1)Cc1ccc2ccccc2c1. The zero-order chi connectivity index (χ0) is 32.2. The van der Waals surface area contributed by atoms with Crippen molar-refractivity contribution >= 4 is 45.8 Å². The first-order chi connectivity index (χ1) is 20.6. The second-order valence-electron chi connectivity index (χ2n) is 9.99. The first-order valence-electron chi connectivity index (χ1n) is 13.1. The molecule has 4 nitrogen and oxygen atoms in total. The fraction of sp³-hybridized carbons (Fsp3) is 0.188. The molecular weight excluding hydrogens is 629 g/mol. The fourth-order valence-corrected chi connectivity index (χ4v) is 4.79. The average molecular weight is 653 g/mol. The lowest BCUT2D eigenvalue weighted by Gasteiger charge is -2.27. The molecule has 0 aliphatic rings. The summed E-state index contributed by atoms with van der Waals surface area (Å²) in [6.07, 6.45) is -7.61. The third-order valence-electron chi connectivity index (χ3n) is 6.83. The van der Waals surface area contributed by atoms with Crippen molar-refractivity contribution in [3.63, 3.8) is 0 Å². The summed E-state index contributed by atoms with van der Waals surface area (Å²) in [6.45, 7) is 0.0919. The van der Waals surface area contributed by atoms with Crippen molar-refractivity contribution in [3.05, 3.63) is 129 Å². The summed E-state index contributed by atoms with van der Waals surface area (Å²) in [5, 5.41) is 5.12. The Morgan fingerprint density at radius 1 is 0.795 bits per heavy atom. The number of nitrogens with zero attached hydrogens (tertiary/aromatic N) is 1. The lowest BCUT2D eigenvalue weighted by atomic mass is 9.99. The number of amides is 2. The summed E-state index contributed by atoms with van der Waals surface area (Å²) in [7, 11) is 1.25. The molecule has 230 valence electrons. The Morgan fingerprint density at radius 2 is 1.41 bits per heavy atom. The van der Waals surface area contributed by atoms with E-state index in [0.717, 1.165) is 21.7 Å². The van der Waals surface area contributed by atoms with Gasteiger partial charge < -0.3 is 10.2 Å². The second kappa shape index (κ2) is 13.3. The van der Waals surface area contributed by atoms with Crippen molar-refractivity contribution in [2.45, 2.75) is 31.4 Å². The Balaban J connectivity index is 1.63. The largest absolute Gasteiger partial charge is 0.416 e. The molecule has 2 amide bonds. The van der Waals surface area contributed by atoms with Crippen LogP contribution in [0.5, 0.6) is 0 Å². The van der Waals surface area contributed by atoms with Gasteiger partial charge in [-0.1, -0.05) is 77.8 Å². The van der Waals surface area contributed by atoms with E-state index in [1.165, 1.54) is 13.1 Å². The van der Waals surface area contributed by atoms with Crippen LogP contribution in [0.1, 0.15) is 32.6 Å². The van der Waals surface area contributed by atoms with Crippen molar-refractivity contribution in [2.75, 3.05) is 7.05 Å². The van der Waals surface area contributed by atoms with Crippen LogP contribution in [0.2, 0.25) is 10.0 Å². The standard InChI is InChI=1S/C32H24Cl2F6N2O2/c1-42(30(44)23-15-24(31(35,36)37)17-25(16-23)32(38,39)40)26(13-19-6-8-21-4-2-3-5-22(21)12-19)9-11-29(43)41-18-20-7-10-27(33)28(34)14-20/h2-12,14-17,26H,13,18H2,1H3,(H,41,43). The number of carbonyl (C=O) groups excluding carboxylic acids is 2. The Bertz CT molecular complexity index is 1690. The van der Waals surface area contributed by atoms with Gasteiger partial charge in [0.2, 0.25) is 5.91 Å². The molecule has 0 saturated carbocycles. The molecule has 0 aromatic heterocycles. The van der Waals surface area contributed by atoms with E-state index in [1.54, 1.807) is 24.3 Å². The van der Waals surface area contributed by atoms with Crippen LogP contribution in [-0.2, 0) is 30.1 Å². The zero-order valence-corrected chi connectivity index (χ0v) is 24.5. The summed E-state index contributed by atoms with van der Waals surface area (Å²) in [4.78, 5) is 27.1. The van der Waals surface area contributed by atoms with Crippen molar-refractivity contribution in [1.82, 2.24) is 10.2 Å². The fourth-order valence-electron chi connectivity index (χ4n) is 4.47. The minimum absolute atomic E-state index is 0.0402. The molecule has 0 saturated heterocycles. The van der Waals surface area contributed by atoms with Crippen LogP contribution in [0, 0.1) is 0 Å². The maximum absolute atomic E-state index is 13.5. The van der Waals surface area contributed by atoms with Gasteiger partial charge in [-0.05, 0) is 58.7 Å². The van der Waals surface area contributed by atoms with Crippen LogP contribution >= 0.6 is 23.2 Å². The monoisotopic (exact) mass is 652 g/mol. The summed E-state index contributed by atoms with van der Waals surface area (Å²) < 4.78 is 80.8. The van der Waals surface area contributed by atoms with Gasteiger partial charge in [-0.15, -0.1) is 0 Å². The van der Waals surface area contributed by atoms with E-state index >= 15 is 0 Å². The number of likely N-dealkylation sites (N-methyl/N-ethyl adjacent to an activating group) is 1. The number of rotatable bonds is 8. The maximum atomic E-state index is 13.5. The molecule has 1 unspecified atom stereocenters. The van der Waals surface area contributed by atoms with Gasteiger partial charge in [0.25, 0.3) is 5.91 Å². The van der Waals surface area contributed by atoms with E-state index in [1.807, 2.05) is 36.4 Å². The van der Waals surface area contributed by atoms with Gasteiger partial charge in [0.05, 0.1) is 27.2 Å². The molecule has 44 heavy (non-hydrogen) atoms. The highest BCUT2D eigenvalue weighted by Crippen LogP contribution is 2.36. The quantitative estimate of drug-likeness (QED) is 0.153. The molecule has 1 atom stereocenters. The van der Waals surface area contributed by atoms with E-state index in [9.17, 15) is 35.9 Å². The number of nitrogens with one attached hydrogen (secondary N) is 1. The normalized spacial score (nSPS) is 12.8. The average Bonchev–Trinajstić information content (AvgIpc) is 2.97. The third-order valence-corrected chi connectivity index (χ3v) is 7.57. The molecule has 0 spiro atoms. The third kappa shape index (κ3) is 8.33. The van der Waals surface area contributed by atoms with E-state index in [-0.39, 0.29) is 19.0 Å². The van der Waals surface area contributed by atoms with Gasteiger partial charge in [0, 0.05) is 25.2 Å². The highest BCUT2D eigenvalue weighted by atomic mass is 35.5. The Hall–Kier alpha value is -4.02. The Labute approximate surface area is 258 Å². The van der Waals surface area contributed by atoms with Crippen LogP contribution in [-0.4, -0.2) is 29.8 Å². The van der Waals surface area contributed by atoms with Crippen molar-refractivity contribution in [2.24, 2.45) is 0 Å². The van der Waals surface area contributed by atoms with E-state index in [4.69, 9.17) is 23.2 Å². The molecule has 4 aromatic rings. The van der Waals surface area contributed by atoms with Crippen LogP contribution in [0.4, 0.5) is 26.3 Å². The second-order valence-corrected chi connectivity index (χ2v) is 10.8. The Kier molecular flexibility index (Phi) is 9.95. The molecular formula is C32H24Cl2F6N2O2. The van der Waals surface area contributed by atoms with Crippen LogP contribution in [0.25, 0.3) is 10.8 Å². The van der Waals surface area contributed by atoms with Crippen molar-refractivity contribution in [1.29, 1.82) is 0 Å². The molecule has 0 bridgehead atoms. The molecule has 0 aliphatic carbocycles. The zero-order valence-electron chi connectivity index (χ0n) is 22.9. The summed E-state index contributed by atoms with van der Waals surface area (Å²) in [5.74, 6) is -1.65. The molecule has 0 radical (unpaired) electrons. The highest BCUT2D eigenvalue weighted by Gasteiger charge is 2.38. The van der Waals surface area contributed by atoms with Gasteiger partial charge >= 0.3 is 12.4 Å². The van der Waals surface area contributed by atoms with Crippen molar-refractivity contribution in [3.8, 4) is 0 Å². The summed E-state index contributed by atoms with van der Waals surface area (Å²) in [6, 6.07) is 17.6. The van der Waals surface area contributed by atoms with Crippen LogP contribution < -0.4 is 5.32 Å². The molecule has 4 rings (SSSR count). The van der Waals surface area contributed by atoms with Gasteiger partial charge in [-0.25, -0.2) is 0 Å². The topological polar surface area (TPSA) is 49.4 Å². The van der Waals surface area contributed by atoms with Crippen LogP contribution in [0.3, 0.4) is 0 Å². The minimum atomic E-state index is -5.12. The van der Waals surface area contributed by atoms with Gasteiger partial charge in [-0.3, -0.25) is 9.59 Å². The van der Waals surface area contributed by atoms with E-state index < -0.39 is 46.9 Å². The molecule has 4 aromatic carbocycles. The number of carbonyl (C=O) groups is 2. The molecule has 0 aliphatic heterocycles. The summed E-state index contributed by atoms with van der Waals surface area (Å²) in [5.41, 5.74) is -2.63. The number of alkyl halides is 6. The Morgan fingerprint density at radius 3 is 2.02 bits per heavy atom. The van der Waals surface area contributed by atoms with Crippen LogP contribution in [0.15, 0.2) is 91.0 Å². The lowest BCUT2D eigenvalue weighted by Crippen LogP contribution is -2.38. The predicted octanol–water partition coefficient (Wildman–Crippen LogP) is 8.74. The van der Waals surface area contributed by atoms with Gasteiger partial charge in [0.15, 0.2) is 0 Å². The molecule has 1 N–H and O–H groups in total. The van der Waals surface area contributed by atoms with Crippen molar-refractivity contribution < 1.29 is 35.9 Å².